The summed E-state index contributed by atoms with van der Waals surface area (Å²) in [7, 11) is -0.418. The predicted molar refractivity (Wildman–Crippen MR) is 90.9 cm³/mol. The molecule has 0 saturated heterocycles. The molecule has 0 atom stereocenters. The smallest absolute Gasteiger partial charge is 0.115 e. The van der Waals surface area contributed by atoms with E-state index < -0.39 is 7.92 Å². The van der Waals surface area contributed by atoms with E-state index >= 15 is 0 Å². The minimum atomic E-state index is -0.418. The van der Waals surface area contributed by atoms with Crippen molar-refractivity contribution in [3.63, 3.8) is 0 Å². The van der Waals surface area contributed by atoms with Crippen LogP contribution < -0.4 is 10.6 Å². The lowest BCUT2D eigenvalue weighted by Crippen LogP contribution is -2.12. The molecule has 0 aromatic heterocycles. The molecular formula is C19H17OP. The Morgan fingerprint density at radius 2 is 1.10 bits per heavy atom. The van der Waals surface area contributed by atoms with Gasteiger partial charge in [-0.2, -0.15) is 0 Å². The van der Waals surface area contributed by atoms with E-state index in [0.29, 0.717) is 5.75 Å². The van der Waals surface area contributed by atoms with Crippen molar-refractivity contribution in [1.82, 2.24) is 0 Å². The Morgan fingerprint density at radius 3 is 1.57 bits per heavy atom. The van der Waals surface area contributed by atoms with Crippen LogP contribution in [0.5, 0.6) is 5.75 Å². The van der Waals surface area contributed by atoms with Crippen LogP contribution in [0.15, 0.2) is 84.9 Å². The van der Waals surface area contributed by atoms with Gasteiger partial charge in [-0.15, -0.1) is 0 Å². The summed E-state index contributed by atoms with van der Waals surface area (Å²) in [5.41, 5.74) is 1.26. The lowest BCUT2D eigenvalue weighted by atomic mass is 10.2. The summed E-state index contributed by atoms with van der Waals surface area (Å²) in [6.07, 6.45) is 0.990. The van der Waals surface area contributed by atoms with Gasteiger partial charge in [0.25, 0.3) is 0 Å². The summed E-state index contributed by atoms with van der Waals surface area (Å²) in [6, 6.07) is 28.9. The van der Waals surface area contributed by atoms with Crippen LogP contribution in [0.25, 0.3) is 0 Å². The van der Waals surface area contributed by atoms with E-state index in [1.807, 2.05) is 12.1 Å². The molecule has 0 aliphatic rings. The van der Waals surface area contributed by atoms with Crippen LogP contribution >= 0.6 is 7.92 Å². The average Bonchev–Trinajstić information content (AvgIpc) is 2.56. The summed E-state index contributed by atoms with van der Waals surface area (Å²) in [6.45, 7) is 0. The van der Waals surface area contributed by atoms with Gasteiger partial charge in [-0.1, -0.05) is 72.8 Å². The summed E-state index contributed by atoms with van der Waals surface area (Å²) in [4.78, 5) is 0. The summed E-state index contributed by atoms with van der Waals surface area (Å²) in [5, 5.41) is 12.2. The van der Waals surface area contributed by atoms with Crippen LogP contribution in [-0.4, -0.2) is 5.11 Å². The van der Waals surface area contributed by atoms with Gasteiger partial charge in [-0.25, -0.2) is 0 Å². The van der Waals surface area contributed by atoms with Crippen molar-refractivity contribution in [2.75, 3.05) is 0 Å². The van der Waals surface area contributed by atoms with E-state index in [-0.39, 0.29) is 0 Å². The third kappa shape index (κ3) is 3.51. The van der Waals surface area contributed by atoms with Crippen LogP contribution in [0, 0.1) is 0 Å². The van der Waals surface area contributed by atoms with Crippen molar-refractivity contribution >= 4 is 18.5 Å². The van der Waals surface area contributed by atoms with Gasteiger partial charge in [0.2, 0.25) is 0 Å². The van der Waals surface area contributed by atoms with Gasteiger partial charge >= 0.3 is 0 Å². The second kappa shape index (κ2) is 6.56. The zero-order chi connectivity index (χ0) is 14.5. The number of hydrogen-bond donors (Lipinski definition) is 1. The Kier molecular flexibility index (Phi) is 4.33. The molecule has 0 bridgehead atoms. The zero-order valence-electron chi connectivity index (χ0n) is 11.7. The maximum absolute atomic E-state index is 9.43. The summed E-state index contributed by atoms with van der Waals surface area (Å²) in [5.74, 6) is 0.322. The normalized spacial score (nSPS) is 10.7. The molecule has 0 aliphatic heterocycles. The molecule has 0 unspecified atom stereocenters. The molecule has 3 aromatic rings. The van der Waals surface area contributed by atoms with Crippen LogP contribution in [0.2, 0.25) is 0 Å². The van der Waals surface area contributed by atoms with Crippen LogP contribution in [0.1, 0.15) is 5.56 Å². The fraction of sp³-hybridized carbons (Fsp3) is 0.0526. The highest BCUT2D eigenvalue weighted by atomic mass is 31.1. The summed E-state index contributed by atoms with van der Waals surface area (Å²) < 4.78 is 0. The number of phenolic OH excluding ortho intramolecular Hbond substituents is 1. The van der Waals surface area contributed by atoms with Crippen LogP contribution in [0.4, 0.5) is 0 Å². The molecule has 104 valence electrons. The topological polar surface area (TPSA) is 20.2 Å². The molecule has 21 heavy (non-hydrogen) atoms. The van der Waals surface area contributed by atoms with E-state index in [9.17, 15) is 5.11 Å². The maximum Gasteiger partial charge on any atom is 0.115 e. The zero-order valence-corrected chi connectivity index (χ0v) is 12.6. The highest BCUT2D eigenvalue weighted by molar-refractivity contribution is 7.72. The fourth-order valence-corrected chi connectivity index (χ4v) is 4.63. The van der Waals surface area contributed by atoms with Crippen molar-refractivity contribution in [2.24, 2.45) is 0 Å². The van der Waals surface area contributed by atoms with E-state index in [0.717, 1.165) is 6.16 Å². The third-order valence-electron chi connectivity index (χ3n) is 3.41. The molecule has 0 radical (unpaired) electrons. The Labute approximate surface area is 126 Å². The molecule has 0 aliphatic carbocycles. The quantitative estimate of drug-likeness (QED) is 0.720. The van der Waals surface area contributed by atoms with Gasteiger partial charge in [-0.3, -0.25) is 0 Å². The first-order chi connectivity index (χ1) is 10.3. The minimum absolute atomic E-state index is 0.322. The Morgan fingerprint density at radius 1 is 0.619 bits per heavy atom. The van der Waals surface area contributed by atoms with E-state index in [1.165, 1.54) is 16.2 Å². The van der Waals surface area contributed by atoms with Crippen molar-refractivity contribution in [3.8, 4) is 5.75 Å². The molecule has 2 heteroatoms. The molecule has 1 nitrogen and oxygen atoms in total. The highest BCUT2D eigenvalue weighted by Gasteiger charge is 2.13. The van der Waals surface area contributed by atoms with Gasteiger partial charge in [-0.05, 0) is 36.2 Å². The number of rotatable bonds is 4. The number of benzene rings is 3. The van der Waals surface area contributed by atoms with Crippen molar-refractivity contribution in [1.29, 1.82) is 0 Å². The highest BCUT2D eigenvalue weighted by Crippen LogP contribution is 2.37. The van der Waals surface area contributed by atoms with Crippen molar-refractivity contribution in [2.45, 2.75) is 6.16 Å². The molecule has 0 saturated carbocycles. The Hall–Kier alpha value is -2.11. The Bertz CT molecular complexity index is 638. The first-order valence-corrected chi connectivity index (χ1v) is 8.51. The lowest BCUT2D eigenvalue weighted by Gasteiger charge is -2.19. The van der Waals surface area contributed by atoms with Crippen LogP contribution in [-0.2, 0) is 6.16 Å². The third-order valence-corrected chi connectivity index (χ3v) is 5.94. The summed E-state index contributed by atoms with van der Waals surface area (Å²) >= 11 is 0. The maximum atomic E-state index is 9.43. The second-order valence-corrected chi connectivity index (χ2v) is 7.13. The van der Waals surface area contributed by atoms with Gasteiger partial charge in [0, 0.05) is 6.16 Å². The molecule has 3 aromatic carbocycles. The van der Waals surface area contributed by atoms with Crippen molar-refractivity contribution < 1.29 is 5.11 Å². The van der Waals surface area contributed by atoms with Gasteiger partial charge < -0.3 is 5.11 Å². The molecule has 1 N–H and O–H groups in total. The lowest BCUT2D eigenvalue weighted by molar-refractivity contribution is 0.475. The average molecular weight is 292 g/mol. The number of aromatic hydroxyl groups is 1. The second-order valence-electron chi connectivity index (χ2n) is 4.92. The molecule has 0 spiro atoms. The molecule has 0 amide bonds. The SMILES string of the molecule is Oc1ccc(CP(c2ccccc2)c2ccccc2)cc1. The number of phenols is 1. The van der Waals surface area contributed by atoms with Crippen molar-refractivity contribution in [3.05, 3.63) is 90.5 Å². The molecular weight excluding hydrogens is 275 g/mol. The first kappa shape index (κ1) is 13.9. The standard InChI is InChI=1S/C19H17OP/c20-17-13-11-16(12-14-17)15-21(18-7-3-1-4-8-18)19-9-5-2-6-10-19/h1-14,20H,15H2. The van der Waals surface area contributed by atoms with E-state index in [4.69, 9.17) is 0 Å². The largest absolute Gasteiger partial charge is 0.508 e. The molecule has 3 rings (SSSR count). The monoisotopic (exact) mass is 292 g/mol. The van der Waals surface area contributed by atoms with E-state index in [2.05, 4.69) is 60.7 Å². The fourth-order valence-electron chi connectivity index (χ4n) is 2.33. The minimum Gasteiger partial charge on any atom is -0.508 e. The first-order valence-electron chi connectivity index (χ1n) is 6.98. The Balaban J connectivity index is 1.95. The molecule has 0 fully saturated rings. The van der Waals surface area contributed by atoms with E-state index in [1.54, 1.807) is 12.1 Å². The van der Waals surface area contributed by atoms with Gasteiger partial charge in [0.05, 0.1) is 0 Å². The van der Waals surface area contributed by atoms with Crippen LogP contribution in [0.3, 0.4) is 0 Å². The van der Waals surface area contributed by atoms with Gasteiger partial charge in [0.1, 0.15) is 5.75 Å². The molecule has 0 heterocycles. The predicted octanol–water partition coefficient (Wildman–Crippen LogP) is 4.03. The number of hydrogen-bond acceptors (Lipinski definition) is 1. The van der Waals surface area contributed by atoms with Gasteiger partial charge in [0.15, 0.2) is 0 Å².